The fraction of sp³-hybridized carbons (Fsp3) is 0.400. The Balaban J connectivity index is 3.13. The van der Waals surface area contributed by atoms with Crippen LogP contribution in [0.25, 0.3) is 0 Å². The number of nitrogens with two attached hydrogens (primary N) is 1. The molecule has 0 fully saturated rings. The van der Waals surface area contributed by atoms with Crippen molar-refractivity contribution in [3.8, 4) is 12.1 Å². The van der Waals surface area contributed by atoms with E-state index in [1.807, 2.05) is 19.9 Å². The van der Waals surface area contributed by atoms with Gasteiger partial charge in [-0.25, -0.2) is 0 Å². The summed E-state index contributed by atoms with van der Waals surface area (Å²) in [7, 11) is 0. The quantitative estimate of drug-likeness (QED) is 0.735. The molecular weight excluding hydrogens is 176 g/mol. The minimum atomic E-state index is -0.333. The molecule has 4 nitrogen and oxygen atoms in total. The zero-order chi connectivity index (χ0) is 10.7. The Hall–Kier alpha value is -1.78. The minimum absolute atomic E-state index is 0.256. The molecule has 0 aromatic carbocycles. The van der Waals surface area contributed by atoms with Crippen molar-refractivity contribution in [2.24, 2.45) is 5.73 Å². The topological polar surface area (TPSA) is 89.4 Å². The van der Waals surface area contributed by atoms with Crippen LogP contribution in [0.2, 0.25) is 0 Å². The highest BCUT2D eigenvalue weighted by atomic mass is 14.8. The van der Waals surface area contributed by atoms with Crippen LogP contribution in [0.5, 0.6) is 0 Å². The number of hydrogen-bond donors (Lipinski definition) is 2. The molecule has 1 aromatic heterocycles. The van der Waals surface area contributed by atoms with Crippen LogP contribution in [0.4, 0.5) is 0 Å². The molecule has 1 heterocycles. The van der Waals surface area contributed by atoms with Crippen molar-refractivity contribution in [3.63, 3.8) is 0 Å². The molecule has 0 amide bonds. The summed E-state index contributed by atoms with van der Waals surface area (Å²) in [4.78, 5) is 2.95. The summed E-state index contributed by atoms with van der Waals surface area (Å²) < 4.78 is 0. The second-order valence-electron chi connectivity index (χ2n) is 3.24. The van der Waals surface area contributed by atoms with Crippen molar-refractivity contribution < 1.29 is 0 Å². The van der Waals surface area contributed by atoms with E-state index in [0.717, 1.165) is 16.8 Å². The predicted octanol–water partition coefficient (Wildman–Crippen LogP) is 1.42. The van der Waals surface area contributed by atoms with E-state index in [1.165, 1.54) is 0 Å². The summed E-state index contributed by atoms with van der Waals surface area (Å²) in [6.45, 7) is 3.77. The zero-order valence-corrected chi connectivity index (χ0v) is 8.26. The molecule has 1 rings (SSSR count). The Morgan fingerprint density at radius 1 is 1.36 bits per heavy atom. The Bertz CT molecular complexity index is 417. The van der Waals surface area contributed by atoms with Crippen molar-refractivity contribution in [2.45, 2.75) is 26.3 Å². The maximum atomic E-state index is 8.78. The van der Waals surface area contributed by atoms with Gasteiger partial charge in [0, 0.05) is 5.69 Å². The van der Waals surface area contributed by atoms with Crippen molar-refractivity contribution in [2.75, 3.05) is 0 Å². The van der Waals surface area contributed by atoms with E-state index in [4.69, 9.17) is 16.3 Å². The van der Waals surface area contributed by atoms with Gasteiger partial charge in [0.25, 0.3) is 0 Å². The van der Waals surface area contributed by atoms with E-state index in [2.05, 4.69) is 11.1 Å². The first-order valence-electron chi connectivity index (χ1n) is 4.33. The molecule has 0 saturated carbocycles. The molecule has 1 atom stereocenters. The van der Waals surface area contributed by atoms with E-state index in [9.17, 15) is 0 Å². The van der Waals surface area contributed by atoms with Gasteiger partial charge in [0.1, 0.15) is 11.8 Å². The van der Waals surface area contributed by atoms with Crippen LogP contribution in [0.1, 0.15) is 35.0 Å². The van der Waals surface area contributed by atoms with Gasteiger partial charge < -0.3 is 10.7 Å². The lowest BCUT2D eigenvalue weighted by Crippen LogP contribution is -2.11. The van der Waals surface area contributed by atoms with Gasteiger partial charge >= 0.3 is 0 Å². The van der Waals surface area contributed by atoms with E-state index in [-0.39, 0.29) is 12.5 Å². The van der Waals surface area contributed by atoms with E-state index >= 15 is 0 Å². The predicted molar refractivity (Wildman–Crippen MR) is 52.1 cm³/mol. The lowest BCUT2D eigenvalue weighted by Gasteiger charge is -2.06. The van der Waals surface area contributed by atoms with Crippen molar-refractivity contribution >= 4 is 0 Å². The lowest BCUT2D eigenvalue weighted by atomic mass is 10.1. The number of nitrogens with one attached hydrogen (secondary N) is 1. The van der Waals surface area contributed by atoms with Gasteiger partial charge in [-0.2, -0.15) is 10.5 Å². The summed E-state index contributed by atoms with van der Waals surface area (Å²) in [5.41, 5.74) is 8.99. The van der Waals surface area contributed by atoms with Crippen molar-refractivity contribution in [1.82, 2.24) is 4.98 Å². The Morgan fingerprint density at radius 3 is 2.43 bits per heavy atom. The molecule has 0 aliphatic carbocycles. The van der Waals surface area contributed by atoms with Gasteiger partial charge in [-0.05, 0) is 25.0 Å². The first kappa shape index (κ1) is 10.3. The number of aromatic nitrogens is 1. The number of aromatic amines is 1. The first-order valence-corrected chi connectivity index (χ1v) is 4.33. The number of rotatable bonds is 2. The highest BCUT2D eigenvalue weighted by Crippen LogP contribution is 2.22. The number of nitriles is 2. The summed E-state index contributed by atoms with van der Waals surface area (Å²) >= 11 is 0. The van der Waals surface area contributed by atoms with Crippen LogP contribution >= 0.6 is 0 Å². The molecule has 0 bridgehead atoms. The third-order valence-electron chi connectivity index (χ3n) is 2.39. The smallest absolute Gasteiger partial charge is 0.121 e. The Kier molecular flexibility index (Phi) is 2.91. The molecule has 14 heavy (non-hydrogen) atoms. The molecule has 0 spiro atoms. The Labute approximate surface area is 83.0 Å². The van der Waals surface area contributed by atoms with Crippen molar-refractivity contribution in [1.29, 1.82) is 10.5 Å². The summed E-state index contributed by atoms with van der Waals surface area (Å²) in [6, 6.07) is 3.74. The Morgan fingerprint density at radius 2 is 2.00 bits per heavy atom. The normalized spacial score (nSPS) is 11.8. The second-order valence-corrected chi connectivity index (χ2v) is 3.24. The highest BCUT2D eigenvalue weighted by Gasteiger charge is 2.15. The van der Waals surface area contributed by atoms with Crippen LogP contribution in [0.15, 0.2) is 0 Å². The molecule has 72 valence electrons. The zero-order valence-electron chi connectivity index (χ0n) is 8.26. The number of H-pyrrole nitrogens is 1. The average Bonchev–Trinajstić information content (AvgIpc) is 2.44. The van der Waals surface area contributed by atoms with Crippen LogP contribution in [-0.2, 0) is 0 Å². The maximum Gasteiger partial charge on any atom is 0.121 e. The third-order valence-corrected chi connectivity index (χ3v) is 2.39. The SMILES string of the molecule is Cc1c(C#N)[nH]c([C@H](N)CC#N)c1C. The molecule has 0 saturated heterocycles. The standard InChI is InChI=1S/C10H12N4/c1-6-7(2)10(8(13)3-4-11)14-9(6)5-12/h8,14H,3,13H2,1-2H3/t8-/m1/s1. The van der Waals surface area contributed by atoms with Gasteiger partial charge in [-0.3, -0.25) is 0 Å². The minimum Gasteiger partial charge on any atom is -0.348 e. The third kappa shape index (κ3) is 1.61. The molecule has 0 aliphatic rings. The van der Waals surface area contributed by atoms with Gasteiger partial charge in [0.05, 0.1) is 18.5 Å². The van der Waals surface area contributed by atoms with Crippen LogP contribution in [0.3, 0.4) is 0 Å². The van der Waals surface area contributed by atoms with Crippen LogP contribution < -0.4 is 5.73 Å². The average molecular weight is 188 g/mol. The molecule has 0 radical (unpaired) electrons. The van der Waals surface area contributed by atoms with Crippen molar-refractivity contribution in [3.05, 3.63) is 22.5 Å². The summed E-state index contributed by atoms with van der Waals surface area (Å²) in [6.07, 6.45) is 0.256. The number of hydrogen-bond acceptors (Lipinski definition) is 3. The maximum absolute atomic E-state index is 8.78. The molecule has 0 aliphatic heterocycles. The fourth-order valence-corrected chi connectivity index (χ4v) is 1.39. The molecule has 4 heteroatoms. The van der Waals surface area contributed by atoms with E-state index in [1.54, 1.807) is 0 Å². The lowest BCUT2D eigenvalue weighted by molar-refractivity contribution is 0.719. The fourth-order valence-electron chi connectivity index (χ4n) is 1.39. The number of nitrogens with zero attached hydrogens (tertiary/aromatic N) is 2. The van der Waals surface area contributed by atoms with Crippen LogP contribution in [0, 0.1) is 36.5 Å². The second kappa shape index (κ2) is 3.95. The molecule has 0 unspecified atom stereocenters. The summed E-state index contributed by atoms with van der Waals surface area (Å²) in [5, 5.41) is 17.3. The molecule has 1 aromatic rings. The van der Waals surface area contributed by atoms with Gasteiger partial charge in [0.15, 0.2) is 0 Å². The van der Waals surface area contributed by atoms with Gasteiger partial charge in [-0.1, -0.05) is 0 Å². The summed E-state index contributed by atoms with van der Waals surface area (Å²) in [5.74, 6) is 0. The van der Waals surface area contributed by atoms with Gasteiger partial charge in [0.2, 0.25) is 0 Å². The molecular formula is C10H12N4. The first-order chi connectivity index (χ1) is 6.61. The monoisotopic (exact) mass is 188 g/mol. The molecule has 3 N–H and O–H groups in total. The van der Waals surface area contributed by atoms with E-state index < -0.39 is 0 Å². The van der Waals surface area contributed by atoms with Crippen LogP contribution in [-0.4, -0.2) is 4.98 Å². The highest BCUT2D eigenvalue weighted by molar-refractivity contribution is 5.42. The van der Waals surface area contributed by atoms with Gasteiger partial charge in [-0.15, -0.1) is 0 Å². The largest absolute Gasteiger partial charge is 0.348 e. The van der Waals surface area contributed by atoms with E-state index in [0.29, 0.717) is 5.69 Å².